The zero-order chi connectivity index (χ0) is 18.9. The third-order valence-corrected chi connectivity index (χ3v) is 5.04. The summed E-state index contributed by atoms with van der Waals surface area (Å²) in [5.74, 6) is 0.759. The van der Waals surface area contributed by atoms with Gasteiger partial charge in [0.15, 0.2) is 0 Å². The highest BCUT2D eigenvalue weighted by Gasteiger charge is 2.07. The van der Waals surface area contributed by atoms with Crippen molar-refractivity contribution in [1.82, 2.24) is 0 Å². The fraction of sp³-hybridized carbons (Fsp3) is 0. The van der Waals surface area contributed by atoms with Crippen LogP contribution in [0.4, 0.5) is 5.69 Å². The van der Waals surface area contributed by atoms with Crippen LogP contribution in [0.2, 0.25) is 5.02 Å². The van der Waals surface area contributed by atoms with E-state index in [0.29, 0.717) is 5.02 Å². The quantitative estimate of drug-likeness (QED) is 0.319. The molecule has 0 aliphatic rings. The number of nitrogens with zero attached hydrogens (tertiary/aromatic N) is 1. The maximum Gasteiger partial charge on any atom is 0.136 e. The zero-order valence-corrected chi connectivity index (χ0v) is 15.7. The Morgan fingerprint density at radius 2 is 1.39 bits per heavy atom. The highest BCUT2D eigenvalue weighted by Crippen LogP contribution is 2.27. The van der Waals surface area contributed by atoms with Crippen LogP contribution in [0.25, 0.3) is 33.1 Å². The van der Waals surface area contributed by atoms with E-state index in [1.165, 1.54) is 5.39 Å². The first-order chi connectivity index (χ1) is 13.8. The Labute approximate surface area is 167 Å². The van der Waals surface area contributed by atoms with Crippen molar-refractivity contribution in [3.8, 4) is 11.3 Å². The normalized spacial score (nSPS) is 12.0. The summed E-state index contributed by atoms with van der Waals surface area (Å²) in [6, 6.07) is 32.1. The predicted octanol–water partition coefficient (Wildman–Crippen LogP) is 7.14. The monoisotopic (exact) mass is 381 g/mol. The van der Waals surface area contributed by atoms with Crippen molar-refractivity contribution < 1.29 is 4.42 Å². The van der Waals surface area contributed by atoms with Gasteiger partial charge in [0.1, 0.15) is 11.3 Å². The molecule has 5 aromatic rings. The SMILES string of the molecule is Clc1ccc(-c2cc(=Nc3cccc4ccccc34)c3ccccc3o2)cc1. The van der Waals surface area contributed by atoms with Gasteiger partial charge in [-0.05, 0) is 47.9 Å². The molecule has 4 aromatic carbocycles. The summed E-state index contributed by atoms with van der Waals surface area (Å²) in [5.41, 5.74) is 2.70. The lowest BCUT2D eigenvalue weighted by Gasteiger charge is -2.06. The molecule has 3 heteroatoms. The molecular weight excluding hydrogens is 366 g/mol. The molecule has 134 valence electrons. The molecule has 0 aliphatic heterocycles. The maximum absolute atomic E-state index is 6.15. The molecular formula is C25H16ClNO. The van der Waals surface area contributed by atoms with Crippen molar-refractivity contribution in [2.24, 2.45) is 4.99 Å². The number of hydrogen-bond acceptors (Lipinski definition) is 2. The smallest absolute Gasteiger partial charge is 0.136 e. The Balaban J connectivity index is 1.80. The fourth-order valence-electron chi connectivity index (χ4n) is 3.40. The minimum absolute atomic E-state index is 0.699. The van der Waals surface area contributed by atoms with Crippen LogP contribution in [-0.2, 0) is 0 Å². The molecule has 0 unspecified atom stereocenters. The molecule has 28 heavy (non-hydrogen) atoms. The van der Waals surface area contributed by atoms with Crippen molar-refractivity contribution in [2.75, 3.05) is 0 Å². The molecule has 0 amide bonds. The Morgan fingerprint density at radius 3 is 2.25 bits per heavy atom. The number of rotatable bonds is 2. The number of halogens is 1. The lowest BCUT2D eigenvalue weighted by molar-refractivity contribution is 0.618. The van der Waals surface area contributed by atoms with Gasteiger partial charge in [0.25, 0.3) is 0 Å². The van der Waals surface area contributed by atoms with Gasteiger partial charge in [-0.25, -0.2) is 4.99 Å². The van der Waals surface area contributed by atoms with E-state index >= 15 is 0 Å². The molecule has 2 nitrogen and oxygen atoms in total. The summed E-state index contributed by atoms with van der Waals surface area (Å²) in [7, 11) is 0. The van der Waals surface area contributed by atoms with Crippen LogP contribution in [-0.4, -0.2) is 0 Å². The Hall–Kier alpha value is -3.36. The second-order valence-electron chi connectivity index (χ2n) is 6.61. The molecule has 0 saturated heterocycles. The van der Waals surface area contributed by atoms with E-state index in [0.717, 1.165) is 38.7 Å². The molecule has 0 saturated carbocycles. The molecule has 1 heterocycles. The molecule has 0 atom stereocenters. The predicted molar refractivity (Wildman–Crippen MR) is 116 cm³/mol. The largest absolute Gasteiger partial charge is 0.456 e. The van der Waals surface area contributed by atoms with Gasteiger partial charge in [0.05, 0.1) is 11.0 Å². The molecule has 0 N–H and O–H groups in total. The fourth-order valence-corrected chi connectivity index (χ4v) is 3.53. The minimum Gasteiger partial charge on any atom is -0.456 e. The summed E-state index contributed by atoms with van der Waals surface area (Å²) in [5, 5.41) is 4.86. The van der Waals surface area contributed by atoms with Gasteiger partial charge in [0, 0.05) is 27.4 Å². The molecule has 0 aliphatic carbocycles. The molecule has 1 aromatic heterocycles. The number of fused-ring (bicyclic) bond motifs is 2. The molecule has 0 radical (unpaired) electrons. The third kappa shape index (κ3) is 3.08. The summed E-state index contributed by atoms with van der Waals surface area (Å²) in [6.45, 7) is 0. The highest BCUT2D eigenvalue weighted by atomic mass is 35.5. The molecule has 0 fully saturated rings. The van der Waals surface area contributed by atoms with E-state index in [9.17, 15) is 0 Å². The number of para-hydroxylation sites is 1. The first-order valence-electron chi connectivity index (χ1n) is 9.09. The first kappa shape index (κ1) is 16.8. The lowest BCUT2D eigenvalue weighted by atomic mass is 10.1. The molecule has 0 spiro atoms. The minimum atomic E-state index is 0.699. The van der Waals surface area contributed by atoms with Crippen molar-refractivity contribution >= 4 is 39.0 Å². The van der Waals surface area contributed by atoms with Crippen LogP contribution in [0.15, 0.2) is 106 Å². The van der Waals surface area contributed by atoms with Crippen LogP contribution in [0.5, 0.6) is 0 Å². The van der Waals surface area contributed by atoms with Crippen molar-refractivity contribution in [1.29, 1.82) is 0 Å². The summed E-state index contributed by atoms with van der Waals surface area (Å²) < 4.78 is 6.15. The topological polar surface area (TPSA) is 25.5 Å². The number of hydrogen-bond donors (Lipinski definition) is 0. The van der Waals surface area contributed by atoms with Crippen LogP contribution < -0.4 is 5.36 Å². The second kappa shape index (κ2) is 6.99. The van der Waals surface area contributed by atoms with Crippen LogP contribution in [0.1, 0.15) is 0 Å². The average molecular weight is 382 g/mol. The van der Waals surface area contributed by atoms with E-state index in [1.807, 2.05) is 78.9 Å². The Bertz CT molecular complexity index is 1360. The van der Waals surface area contributed by atoms with E-state index in [4.69, 9.17) is 21.0 Å². The highest BCUT2D eigenvalue weighted by molar-refractivity contribution is 6.30. The third-order valence-electron chi connectivity index (χ3n) is 4.79. The van der Waals surface area contributed by atoms with Crippen molar-refractivity contribution in [2.45, 2.75) is 0 Å². The lowest BCUT2D eigenvalue weighted by Crippen LogP contribution is -2.03. The maximum atomic E-state index is 6.15. The Morgan fingerprint density at radius 1 is 0.679 bits per heavy atom. The van der Waals surface area contributed by atoms with Crippen LogP contribution >= 0.6 is 11.6 Å². The van der Waals surface area contributed by atoms with Crippen LogP contribution in [0.3, 0.4) is 0 Å². The van der Waals surface area contributed by atoms with Gasteiger partial charge in [-0.3, -0.25) is 0 Å². The second-order valence-corrected chi connectivity index (χ2v) is 7.05. The Kier molecular flexibility index (Phi) is 4.19. The zero-order valence-electron chi connectivity index (χ0n) is 15.0. The average Bonchev–Trinajstić information content (AvgIpc) is 2.74. The number of benzene rings is 4. The van der Waals surface area contributed by atoms with Gasteiger partial charge < -0.3 is 4.42 Å². The molecule has 5 rings (SSSR count). The summed E-state index contributed by atoms with van der Waals surface area (Å²) >= 11 is 6.04. The van der Waals surface area contributed by atoms with Gasteiger partial charge in [-0.15, -0.1) is 0 Å². The van der Waals surface area contributed by atoms with E-state index < -0.39 is 0 Å². The van der Waals surface area contributed by atoms with E-state index in [2.05, 4.69) is 18.2 Å². The van der Waals surface area contributed by atoms with E-state index in [1.54, 1.807) is 0 Å². The van der Waals surface area contributed by atoms with E-state index in [-0.39, 0.29) is 0 Å². The van der Waals surface area contributed by atoms with Gasteiger partial charge in [0.2, 0.25) is 0 Å². The summed E-state index contributed by atoms with van der Waals surface area (Å²) in [6.07, 6.45) is 0. The van der Waals surface area contributed by atoms with Gasteiger partial charge >= 0.3 is 0 Å². The van der Waals surface area contributed by atoms with Crippen LogP contribution in [0, 0.1) is 0 Å². The van der Waals surface area contributed by atoms with Crippen molar-refractivity contribution in [3.63, 3.8) is 0 Å². The summed E-state index contributed by atoms with van der Waals surface area (Å²) in [4.78, 5) is 5.02. The van der Waals surface area contributed by atoms with Crippen molar-refractivity contribution in [3.05, 3.63) is 107 Å². The standard InChI is InChI=1S/C25H16ClNO/c26-19-14-12-18(13-15-19)25-16-23(21-9-3-4-11-24(21)28-25)27-22-10-5-7-17-6-1-2-8-20(17)22/h1-16H. The van der Waals surface area contributed by atoms with Gasteiger partial charge in [-0.2, -0.15) is 0 Å². The first-order valence-corrected chi connectivity index (χ1v) is 9.47. The molecule has 0 bridgehead atoms. The van der Waals surface area contributed by atoms with Gasteiger partial charge in [-0.1, -0.05) is 60.1 Å².